The minimum absolute atomic E-state index is 0.0579. The van der Waals surface area contributed by atoms with Gasteiger partial charge in [-0.2, -0.15) is 0 Å². The Morgan fingerprint density at radius 2 is 1.77 bits per heavy atom. The lowest BCUT2D eigenvalue weighted by molar-refractivity contribution is -0.274. The topological polar surface area (TPSA) is 88.6 Å². The predicted octanol–water partition coefficient (Wildman–Crippen LogP) is 6.96. The van der Waals surface area contributed by atoms with Crippen LogP contribution in [0.2, 0.25) is 0 Å². The van der Waals surface area contributed by atoms with Gasteiger partial charge in [-0.25, -0.2) is 14.4 Å². The summed E-state index contributed by atoms with van der Waals surface area (Å²) in [5.41, 5.74) is 3.49. The molecule has 0 bridgehead atoms. The highest BCUT2D eigenvalue weighted by molar-refractivity contribution is 6.04. The average molecular weight is 610 g/mol. The van der Waals surface area contributed by atoms with Gasteiger partial charge < -0.3 is 20.1 Å². The second-order valence-electron chi connectivity index (χ2n) is 10.3. The van der Waals surface area contributed by atoms with E-state index in [1.807, 2.05) is 25.1 Å². The molecule has 0 aliphatic carbocycles. The van der Waals surface area contributed by atoms with Crippen LogP contribution < -0.4 is 15.4 Å². The summed E-state index contributed by atoms with van der Waals surface area (Å²) < 4.78 is 62.2. The largest absolute Gasteiger partial charge is 0.573 e. The van der Waals surface area contributed by atoms with E-state index >= 15 is 4.39 Å². The predicted molar refractivity (Wildman–Crippen MR) is 158 cm³/mol. The third-order valence-corrected chi connectivity index (χ3v) is 6.84. The molecule has 1 aliphatic rings. The second kappa shape index (κ2) is 13.8. The van der Waals surface area contributed by atoms with Crippen molar-refractivity contribution in [3.63, 3.8) is 0 Å². The number of benzene rings is 3. The van der Waals surface area contributed by atoms with E-state index in [1.54, 1.807) is 12.1 Å². The molecule has 2 heterocycles. The number of nitrogens with one attached hydrogen (secondary N) is 2. The van der Waals surface area contributed by atoms with E-state index in [9.17, 15) is 18.0 Å². The lowest BCUT2D eigenvalue weighted by Gasteiger charge is -2.26. The summed E-state index contributed by atoms with van der Waals surface area (Å²) in [6.45, 7) is 5.80. The van der Waals surface area contributed by atoms with Crippen LogP contribution in [0.4, 0.5) is 34.9 Å². The fourth-order valence-electron chi connectivity index (χ4n) is 4.76. The van der Waals surface area contributed by atoms with Gasteiger partial charge in [0.05, 0.1) is 24.6 Å². The van der Waals surface area contributed by atoms with E-state index in [1.165, 1.54) is 36.4 Å². The van der Waals surface area contributed by atoms with Crippen LogP contribution >= 0.6 is 0 Å². The van der Waals surface area contributed by atoms with Gasteiger partial charge in [-0.3, -0.25) is 9.69 Å². The summed E-state index contributed by atoms with van der Waals surface area (Å²) in [6, 6.07) is 18.6. The van der Waals surface area contributed by atoms with Gasteiger partial charge in [0.2, 0.25) is 5.95 Å². The van der Waals surface area contributed by atoms with Crippen LogP contribution in [0.15, 0.2) is 72.8 Å². The number of anilines is 3. The van der Waals surface area contributed by atoms with Gasteiger partial charge in [0, 0.05) is 42.1 Å². The lowest BCUT2D eigenvalue weighted by atomic mass is 10.1. The number of aryl methyl sites for hydroxylation is 1. The van der Waals surface area contributed by atoms with Crippen LogP contribution in [-0.2, 0) is 17.7 Å². The van der Waals surface area contributed by atoms with Crippen LogP contribution in [0.3, 0.4) is 0 Å². The number of alkyl halides is 3. The molecule has 1 aliphatic heterocycles. The highest BCUT2D eigenvalue weighted by Gasteiger charge is 2.31. The first-order valence-electron chi connectivity index (χ1n) is 14.2. The van der Waals surface area contributed by atoms with Crippen molar-refractivity contribution in [2.45, 2.75) is 32.7 Å². The fourth-order valence-corrected chi connectivity index (χ4v) is 4.76. The van der Waals surface area contributed by atoms with Crippen molar-refractivity contribution >= 4 is 23.2 Å². The maximum atomic E-state index is 15.2. The Morgan fingerprint density at radius 3 is 2.48 bits per heavy atom. The minimum Gasteiger partial charge on any atom is -0.406 e. The van der Waals surface area contributed by atoms with Crippen LogP contribution in [-0.4, -0.2) is 53.4 Å². The van der Waals surface area contributed by atoms with Crippen molar-refractivity contribution in [1.82, 2.24) is 14.9 Å². The van der Waals surface area contributed by atoms with Crippen molar-refractivity contribution in [1.29, 1.82) is 0 Å². The van der Waals surface area contributed by atoms with E-state index in [4.69, 9.17) is 4.74 Å². The van der Waals surface area contributed by atoms with E-state index in [2.05, 4.69) is 30.2 Å². The first-order chi connectivity index (χ1) is 21.1. The van der Waals surface area contributed by atoms with Gasteiger partial charge in [-0.05, 0) is 72.6 Å². The maximum absolute atomic E-state index is 15.2. The Balaban J connectivity index is 1.28. The minimum atomic E-state index is -4.80. The van der Waals surface area contributed by atoms with E-state index in [0.717, 1.165) is 37.7 Å². The Morgan fingerprint density at radius 1 is 1.00 bits per heavy atom. The number of halogens is 4. The number of amides is 1. The molecule has 230 valence electrons. The van der Waals surface area contributed by atoms with Gasteiger partial charge in [0.15, 0.2) is 0 Å². The molecule has 8 nitrogen and oxygen atoms in total. The SMILES string of the molecule is CCCc1cc(-c2ccc(OC(F)(F)F)cc2)nc(Nc2ccc(C(=O)Nc3cccc(CN4CCOCC4)c3)cc2F)n1. The molecule has 4 aromatic rings. The van der Waals surface area contributed by atoms with Crippen molar-refractivity contribution in [3.8, 4) is 17.0 Å². The Hall–Kier alpha value is -4.55. The fraction of sp³-hybridized carbons (Fsp3) is 0.281. The number of ether oxygens (including phenoxy) is 2. The summed E-state index contributed by atoms with van der Waals surface area (Å²) in [5, 5.41) is 5.70. The number of carbonyl (C=O) groups is 1. The second-order valence-corrected chi connectivity index (χ2v) is 10.3. The standard InChI is InChI=1S/C32H31F4N5O3/c1-2-4-24-19-29(22-7-10-26(11-8-22)44-32(34,35)36)40-31(38-24)39-28-12-9-23(18-27(28)33)30(42)37-25-6-3-5-21(17-25)20-41-13-15-43-16-14-41/h3,5-12,17-19H,2,4,13-16,20H2,1H3,(H,37,42)(H,38,39,40). The summed E-state index contributed by atoms with van der Waals surface area (Å²) >= 11 is 0. The molecule has 2 N–H and O–H groups in total. The number of aromatic nitrogens is 2. The van der Waals surface area contributed by atoms with E-state index in [-0.39, 0.29) is 22.9 Å². The summed E-state index contributed by atoms with van der Waals surface area (Å²) in [6.07, 6.45) is -3.41. The highest BCUT2D eigenvalue weighted by Crippen LogP contribution is 2.28. The van der Waals surface area contributed by atoms with Gasteiger partial charge in [0.1, 0.15) is 11.6 Å². The van der Waals surface area contributed by atoms with E-state index in [0.29, 0.717) is 42.3 Å². The van der Waals surface area contributed by atoms with Gasteiger partial charge in [-0.1, -0.05) is 25.5 Å². The van der Waals surface area contributed by atoms with Crippen molar-refractivity contribution in [2.75, 3.05) is 36.9 Å². The summed E-state index contributed by atoms with van der Waals surface area (Å²) in [5.74, 6) is -1.39. The number of nitrogens with zero attached hydrogens (tertiary/aromatic N) is 3. The Labute approximate surface area is 252 Å². The third kappa shape index (κ3) is 8.51. The van der Waals surface area contributed by atoms with E-state index < -0.39 is 18.1 Å². The molecular weight excluding hydrogens is 578 g/mol. The maximum Gasteiger partial charge on any atom is 0.573 e. The average Bonchev–Trinajstić information content (AvgIpc) is 2.98. The van der Waals surface area contributed by atoms with Gasteiger partial charge in [-0.15, -0.1) is 13.2 Å². The molecule has 1 fully saturated rings. The summed E-state index contributed by atoms with van der Waals surface area (Å²) in [4.78, 5) is 24.1. The normalized spacial score (nSPS) is 13.8. The number of hydrogen-bond acceptors (Lipinski definition) is 7. The molecule has 0 atom stereocenters. The molecule has 44 heavy (non-hydrogen) atoms. The number of morpholine rings is 1. The quantitative estimate of drug-likeness (QED) is 0.188. The van der Waals surface area contributed by atoms with Crippen LogP contribution in [0.5, 0.6) is 5.75 Å². The van der Waals surface area contributed by atoms with Gasteiger partial charge in [0.25, 0.3) is 5.91 Å². The van der Waals surface area contributed by atoms with Crippen molar-refractivity contribution in [2.24, 2.45) is 0 Å². The number of rotatable bonds is 10. The van der Waals surface area contributed by atoms with Crippen LogP contribution in [0, 0.1) is 5.82 Å². The molecule has 0 radical (unpaired) electrons. The molecule has 0 spiro atoms. The summed E-state index contributed by atoms with van der Waals surface area (Å²) in [7, 11) is 0. The zero-order valence-electron chi connectivity index (χ0n) is 24.0. The third-order valence-electron chi connectivity index (χ3n) is 6.84. The number of hydrogen-bond donors (Lipinski definition) is 2. The van der Waals surface area contributed by atoms with Crippen molar-refractivity contribution in [3.05, 3.63) is 95.4 Å². The molecule has 5 rings (SSSR count). The Kier molecular flexibility index (Phi) is 9.71. The zero-order valence-corrected chi connectivity index (χ0v) is 24.0. The molecule has 0 unspecified atom stereocenters. The zero-order chi connectivity index (χ0) is 31.1. The highest BCUT2D eigenvalue weighted by atomic mass is 19.4. The smallest absolute Gasteiger partial charge is 0.406 e. The first kappa shape index (κ1) is 30.9. The molecule has 12 heteroatoms. The molecule has 1 aromatic heterocycles. The number of carbonyl (C=O) groups excluding carboxylic acids is 1. The first-order valence-corrected chi connectivity index (χ1v) is 14.2. The monoisotopic (exact) mass is 609 g/mol. The van der Waals surface area contributed by atoms with Crippen molar-refractivity contribution < 1.29 is 31.8 Å². The molecule has 1 saturated heterocycles. The van der Waals surface area contributed by atoms with Crippen LogP contribution in [0.25, 0.3) is 11.3 Å². The molecule has 1 amide bonds. The van der Waals surface area contributed by atoms with Gasteiger partial charge >= 0.3 is 6.36 Å². The molecular formula is C32H31F4N5O3. The molecule has 0 saturated carbocycles. The molecule has 3 aromatic carbocycles. The van der Waals surface area contributed by atoms with Crippen LogP contribution in [0.1, 0.15) is 35.0 Å². The Bertz CT molecular complexity index is 1590. The lowest BCUT2D eigenvalue weighted by Crippen LogP contribution is -2.35.